The SMILES string of the molecule is Cc1c[nH]c2ncc(-c3cnc4c(c3)n(C[C@H]3COCCO3)c(=O)n4C3=CCCCC3)c(C)c12. The number of hydrogen-bond acceptors (Lipinski definition) is 5. The molecule has 8 heteroatoms. The monoisotopic (exact) mass is 459 g/mol. The maximum absolute atomic E-state index is 13.7. The van der Waals surface area contributed by atoms with Gasteiger partial charge in [0.1, 0.15) is 5.65 Å². The van der Waals surface area contributed by atoms with Gasteiger partial charge in [0.25, 0.3) is 0 Å². The molecule has 5 heterocycles. The molecule has 1 saturated heterocycles. The molecule has 34 heavy (non-hydrogen) atoms. The summed E-state index contributed by atoms with van der Waals surface area (Å²) in [6.45, 7) is 6.27. The van der Waals surface area contributed by atoms with Crippen LogP contribution in [0.15, 0.2) is 35.5 Å². The molecule has 1 aliphatic heterocycles. The van der Waals surface area contributed by atoms with Crippen LogP contribution in [-0.4, -0.2) is 50.0 Å². The van der Waals surface area contributed by atoms with E-state index in [1.807, 2.05) is 23.2 Å². The number of imidazole rings is 1. The molecule has 1 aliphatic carbocycles. The number of aromatic amines is 1. The molecule has 4 aromatic rings. The first-order valence-corrected chi connectivity index (χ1v) is 12.1. The molecule has 1 fully saturated rings. The number of aryl methyl sites for hydroxylation is 2. The summed E-state index contributed by atoms with van der Waals surface area (Å²) in [4.78, 5) is 26.4. The number of pyridine rings is 2. The molecule has 0 unspecified atom stereocenters. The molecule has 0 spiro atoms. The fourth-order valence-corrected chi connectivity index (χ4v) is 5.32. The van der Waals surface area contributed by atoms with E-state index in [4.69, 9.17) is 14.5 Å². The van der Waals surface area contributed by atoms with Crippen LogP contribution in [0.1, 0.15) is 36.8 Å². The zero-order valence-corrected chi connectivity index (χ0v) is 19.6. The summed E-state index contributed by atoms with van der Waals surface area (Å²) in [5, 5.41) is 1.13. The number of rotatable bonds is 4. The topological polar surface area (TPSA) is 87.0 Å². The number of ether oxygens (including phenoxy) is 2. The average molecular weight is 460 g/mol. The van der Waals surface area contributed by atoms with Crippen molar-refractivity contribution in [2.75, 3.05) is 19.8 Å². The Morgan fingerprint density at radius 2 is 2.09 bits per heavy atom. The zero-order chi connectivity index (χ0) is 23.2. The highest BCUT2D eigenvalue weighted by Crippen LogP contribution is 2.32. The fraction of sp³-hybridized carbons (Fsp3) is 0.423. The van der Waals surface area contributed by atoms with Crippen LogP contribution >= 0.6 is 0 Å². The Balaban J connectivity index is 1.53. The van der Waals surface area contributed by atoms with Gasteiger partial charge in [0.15, 0.2) is 5.65 Å². The van der Waals surface area contributed by atoms with Crippen molar-refractivity contribution in [1.29, 1.82) is 0 Å². The third kappa shape index (κ3) is 3.49. The minimum absolute atomic E-state index is 0.0613. The van der Waals surface area contributed by atoms with E-state index in [0.717, 1.165) is 70.2 Å². The second kappa shape index (κ2) is 8.52. The first kappa shape index (κ1) is 21.3. The summed E-state index contributed by atoms with van der Waals surface area (Å²) in [7, 11) is 0. The molecule has 0 saturated carbocycles. The molecular weight excluding hydrogens is 430 g/mol. The predicted molar refractivity (Wildman–Crippen MR) is 132 cm³/mol. The Hall–Kier alpha value is -3.23. The Kier molecular flexibility index (Phi) is 5.34. The van der Waals surface area contributed by atoms with E-state index < -0.39 is 0 Å². The van der Waals surface area contributed by atoms with Gasteiger partial charge < -0.3 is 14.5 Å². The van der Waals surface area contributed by atoms with E-state index >= 15 is 0 Å². The lowest BCUT2D eigenvalue weighted by Crippen LogP contribution is -2.36. The minimum atomic E-state index is -0.156. The Morgan fingerprint density at radius 1 is 1.18 bits per heavy atom. The van der Waals surface area contributed by atoms with E-state index in [1.54, 1.807) is 4.57 Å². The molecule has 8 nitrogen and oxygen atoms in total. The largest absolute Gasteiger partial charge is 0.376 e. The van der Waals surface area contributed by atoms with E-state index in [9.17, 15) is 4.79 Å². The van der Waals surface area contributed by atoms with Crippen molar-refractivity contribution >= 4 is 27.9 Å². The lowest BCUT2D eigenvalue weighted by Gasteiger charge is -2.23. The van der Waals surface area contributed by atoms with Gasteiger partial charge in [-0.2, -0.15) is 0 Å². The first-order chi connectivity index (χ1) is 16.6. The van der Waals surface area contributed by atoms with Gasteiger partial charge in [-0.1, -0.05) is 6.08 Å². The van der Waals surface area contributed by atoms with Crippen molar-refractivity contribution in [2.24, 2.45) is 0 Å². The molecule has 6 rings (SSSR count). The summed E-state index contributed by atoms with van der Waals surface area (Å²) >= 11 is 0. The third-order valence-electron chi connectivity index (χ3n) is 7.07. The van der Waals surface area contributed by atoms with Crippen LogP contribution in [0, 0.1) is 13.8 Å². The zero-order valence-electron chi connectivity index (χ0n) is 19.6. The molecular formula is C26H29N5O3. The molecule has 2 aliphatic rings. The Bertz CT molecular complexity index is 1470. The van der Waals surface area contributed by atoms with Gasteiger partial charge in [-0.3, -0.25) is 4.57 Å². The van der Waals surface area contributed by atoms with Gasteiger partial charge in [-0.15, -0.1) is 0 Å². The van der Waals surface area contributed by atoms with Crippen molar-refractivity contribution in [1.82, 2.24) is 24.1 Å². The van der Waals surface area contributed by atoms with Crippen LogP contribution in [0.4, 0.5) is 0 Å². The van der Waals surface area contributed by atoms with Crippen molar-refractivity contribution in [3.63, 3.8) is 0 Å². The number of H-pyrrole nitrogens is 1. The summed E-state index contributed by atoms with van der Waals surface area (Å²) in [6, 6.07) is 2.07. The van der Waals surface area contributed by atoms with Gasteiger partial charge in [0.2, 0.25) is 0 Å². The minimum Gasteiger partial charge on any atom is -0.376 e. The van der Waals surface area contributed by atoms with Gasteiger partial charge in [0.05, 0.1) is 38.0 Å². The van der Waals surface area contributed by atoms with Crippen LogP contribution in [0.3, 0.4) is 0 Å². The smallest absolute Gasteiger partial charge is 0.334 e. The van der Waals surface area contributed by atoms with E-state index in [2.05, 4.69) is 36.0 Å². The Labute approximate surface area is 197 Å². The molecule has 0 bridgehead atoms. The molecule has 1 N–H and O–H groups in total. The maximum Gasteiger partial charge on any atom is 0.334 e. The van der Waals surface area contributed by atoms with Crippen molar-refractivity contribution in [2.45, 2.75) is 52.2 Å². The van der Waals surface area contributed by atoms with E-state index in [-0.39, 0.29) is 11.8 Å². The van der Waals surface area contributed by atoms with E-state index in [0.29, 0.717) is 32.0 Å². The molecule has 0 amide bonds. The van der Waals surface area contributed by atoms with Crippen LogP contribution < -0.4 is 5.69 Å². The van der Waals surface area contributed by atoms with Gasteiger partial charge in [-0.05, 0) is 56.7 Å². The van der Waals surface area contributed by atoms with Crippen molar-refractivity contribution < 1.29 is 9.47 Å². The van der Waals surface area contributed by atoms with E-state index in [1.165, 1.54) is 0 Å². The average Bonchev–Trinajstić information content (AvgIpc) is 3.38. The third-order valence-corrected chi connectivity index (χ3v) is 7.07. The summed E-state index contributed by atoms with van der Waals surface area (Å²) < 4.78 is 15.1. The second-order valence-corrected chi connectivity index (χ2v) is 9.30. The lowest BCUT2D eigenvalue weighted by atomic mass is 10.0. The van der Waals surface area contributed by atoms with Crippen LogP contribution in [-0.2, 0) is 16.0 Å². The maximum atomic E-state index is 13.7. The molecule has 4 aromatic heterocycles. The summed E-state index contributed by atoms with van der Waals surface area (Å²) in [5.41, 5.74) is 7.66. The number of aromatic nitrogens is 5. The highest BCUT2D eigenvalue weighted by molar-refractivity contribution is 5.90. The van der Waals surface area contributed by atoms with Gasteiger partial charge in [0, 0.05) is 40.8 Å². The first-order valence-electron chi connectivity index (χ1n) is 12.1. The lowest BCUT2D eigenvalue weighted by molar-refractivity contribution is -0.0935. The normalized spacial score (nSPS) is 19.1. The molecule has 0 radical (unpaired) electrons. The second-order valence-electron chi connectivity index (χ2n) is 9.30. The quantitative estimate of drug-likeness (QED) is 0.495. The standard InChI is InChI=1S/C26H29N5O3/c1-16-11-27-24-23(16)17(2)21(13-28-24)18-10-22-25(29-12-18)31(19-6-4-3-5-7-19)26(32)30(22)14-20-15-33-8-9-34-20/h6,10-13,20H,3-5,7-9,14-15H2,1-2H3,(H,27,28)/t20-/m0/s1. The highest BCUT2D eigenvalue weighted by Gasteiger charge is 2.23. The fourth-order valence-electron chi connectivity index (χ4n) is 5.32. The summed E-state index contributed by atoms with van der Waals surface area (Å²) in [6.07, 6.45) is 11.9. The van der Waals surface area contributed by atoms with Crippen molar-refractivity contribution in [3.8, 4) is 11.1 Å². The number of hydrogen-bond donors (Lipinski definition) is 1. The van der Waals surface area contributed by atoms with Crippen LogP contribution in [0.25, 0.3) is 39.0 Å². The highest BCUT2D eigenvalue weighted by atomic mass is 16.6. The Morgan fingerprint density at radius 3 is 2.88 bits per heavy atom. The molecule has 0 aromatic carbocycles. The van der Waals surface area contributed by atoms with Gasteiger partial charge in [-0.25, -0.2) is 19.3 Å². The van der Waals surface area contributed by atoms with Gasteiger partial charge >= 0.3 is 5.69 Å². The number of nitrogens with zero attached hydrogens (tertiary/aromatic N) is 4. The number of fused-ring (bicyclic) bond motifs is 2. The van der Waals surface area contributed by atoms with Crippen molar-refractivity contribution in [3.05, 3.63) is 52.3 Å². The molecule has 1 atom stereocenters. The molecule has 176 valence electrons. The van der Waals surface area contributed by atoms with Crippen LogP contribution in [0.5, 0.6) is 0 Å². The number of allylic oxidation sites excluding steroid dienone is 2. The van der Waals surface area contributed by atoms with Crippen LogP contribution in [0.2, 0.25) is 0 Å². The number of nitrogens with one attached hydrogen (secondary N) is 1. The predicted octanol–water partition coefficient (Wildman–Crippen LogP) is 4.19. The summed E-state index contributed by atoms with van der Waals surface area (Å²) in [5.74, 6) is 0.